The van der Waals surface area contributed by atoms with Crippen LogP contribution in [0.15, 0.2) is 32.3 Å². The zero-order valence-corrected chi connectivity index (χ0v) is 13.4. The van der Waals surface area contributed by atoms with Gasteiger partial charge in [0.05, 0.1) is 15.0 Å². The topological polar surface area (TPSA) is 70.0 Å². The fourth-order valence-electron chi connectivity index (χ4n) is 1.46. The molecule has 0 saturated heterocycles. The van der Waals surface area contributed by atoms with Crippen LogP contribution >= 0.6 is 27.3 Å². The Morgan fingerprint density at radius 2 is 2.10 bits per heavy atom. The van der Waals surface area contributed by atoms with Crippen LogP contribution in [0.5, 0.6) is 0 Å². The molecule has 4 nitrogen and oxygen atoms in total. The first-order chi connectivity index (χ1) is 9.33. The van der Waals surface area contributed by atoms with Crippen molar-refractivity contribution in [2.45, 2.75) is 11.1 Å². The summed E-state index contributed by atoms with van der Waals surface area (Å²) in [6.45, 7) is 1.78. The van der Waals surface area contributed by atoms with Gasteiger partial charge >= 0.3 is 0 Å². The Morgan fingerprint density at radius 1 is 1.40 bits per heavy atom. The number of nitrogens with zero attached hydrogens (tertiary/aromatic N) is 1. The largest absolute Gasteiger partial charge is 0.278 e. The van der Waals surface area contributed by atoms with Crippen LogP contribution in [0.1, 0.15) is 11.1 Å². The van der Waals surface area contributed by atoms with Crippen molar-refractivity contribution in [1.29, 1.82) is 5.26 Å². The summed E-state index contributed by atoms with van der Waals surface area (Å²) >= 11 is 4.32. The molecule has 0 fully saturated rings. The maximum absolute atomic E-state index is 13.0. The standard InChI is InChI=1S/C12H8BrFN2O2S2/c1-7-4-11(19-12(7)13)20(17,18)16-10-3-2-9(14)5-8(10)6-15/h2-5,16H,1H3. The van der Waals surface area contributed by atoms with Gasteiger partial charge in [-0.2, -0.15) is 5.26 Å². The van der Waals surface area contributed by atoms with Crippen molar-refractivity contribution < 1.29 is 12.8 Å². The fraction of sp³-hybridized carbons (Fsp3) is 0.0833. The van der Waals surface area contributed by atoms with Crippen LogP contribution in [-0.2, 0) is 10.0 Å². The second-order valence-electron chi connectivity index (χ2n) is 3.93. The molecule has 0 aliphatic carbocycles. The second-order valence-corrected chi connectivity index (χ2v) is 8.21. The third kappa shape index (κ3) is 3.00. The van der Waals surface area contributed by atoms with Gasteiger partial charge in [-0.3, -0.25) is 4.72 Å². The Kier molecular flexibility index (Phi) is 4.13. The van der Waals surface area contributed by atoms with Crippen molar-refractivity contribution in [3.05, 3.63) is 45.0 Å². The van der Waals surface area contributed by atoms with Gasteiger partial charge in [0.1, 0.15) is 16.1 Å². The summed E-state index contributed by atoms with van der Waals surface area (Å²) < 4.78 is 40.5. The van der Waals surface area contributed by atoms with E-state index in [4.69, 9.17) is 5.26 Å². The molecule has 8 heteroatoms. The van der Waals surface area contributed by atoms with Crippen molar-refractivity contribution in [2.24, 2.45) is 0 Å². The normalized spacial score (nSPS) is 11.1. The number of nitriles is 1. The maximum Gasteiger partial charge on any atom is 0.271 e. The first kappa shape index (κ1) is 15.0. The van der Waals surface area contributed by atoms with Crippen molar-refractivity contribution in [2.75, 3.05) is 4.72 Å². The lowest BCUT2D eigenvalue weighted by Crippen LogP contribution is -2.12. The third-order valence-electron chi connectivity index (χ3n) is 2.45. The Balaban J connectivity index is 2.41. The number of benzene rings is 1. The molecule has 0 aliphatic heterocycles. The number of halogens is 2. The van der Waals surface area contributed by atoms with E-state index in [0.717, 1.165) is 32.8 Å². The smallest absolute Gasteiger partial charge is 0.271 e. The van der Waals surface area contributed by atoms with Crippen LogP contribution in [0.4, 0.5) is 10.1 Å². The fourth-order valence-corrected chi connectivity index (χ4v) is 4.76. The van der Waals surface area contributed by atoms with Gasteiger partial charge in [0.15, 0.2) is 0 Å². The minimum Gasteiger partial charge on any atom is -0.278 e. The van der Waals surface area contributed by atoms with E-state index in [2.05, 4.69) is 20.7 Å². The number of aryl methyl sites for hydroxylation is 1. The molecule has 0 atom stereocenters. The molecule has 0 unspecified atom stereocenters. The SMILES string of the molecule is Cc1cc(S(=O)(=O)Nc2ccc(F)cc2C#N)sc1Br. The molecule has 20 heavy (non-hydrogen) atoms. The molecule has 0 bridgehead atoms. The van der Waals surface area contributed by atoms with Gasteiger partial charge < -0.3 is 0 Å². The predicted molar refractivity (Wildman–Crippen MR) is 78.7 cm³/mol. The zero-order chi connectivity index (χ0) is 14.9. The van der Waals surface area contributed by atoms with Crippen molar-refractivity contribution in [1.82, 2.24) is 0 Å². The van der Waals surface area contributed by atoms with E-state index in [1.807, 2.05) is 0 Å². The van der Waals surface area contributed by atoms with Crippen LogP contribution in [0, 0.1) is 24.1 Å². The molecule has 2 rings (SSSR count). The summed E-state index contributed by atoms with van der Waals surface area (Å²) in [7, 11) is -3.80. The summed E-state index contributed by atoms with van der Waals surface area (Å²) in [6.07, 6.45) is 0. The maximum atomic E-state index is 13.0. The van der Waals surface area contributed by atoms with Crippen molar-refractivity contribution in [3.63, 3.8) is 0 Å². The molecule has 1 aromatic carbocycles. The number of hydrogen-bond acceptors (Lipinski definition) is 4. The van der Waals surface area contributed by atoms with Crippen LogP contribution in [0.25, 0.3) is 0 Å². The van der Waals surface area contributed by atoms with Crippen LogP contribution in [-0.4, -0.2) is 8.42 Å². The lowest BCUT2D eigenvalue weighted by atomic mass is 10.2. The lowest BCUT2D eigenvalue weighted by molar-refractivity contribution is 0.603. The van der Waals surface area contributed by atoms with E-state index >= 15 is 0 Å². The van der Waals surface area contributed by atoms with E-state index in [1.165, 1.54) is 12.1 Å². The Labute approximate surface area is 128 Å². The molecule has 0 amide bonds. The average molecular weight is 375 g/mol. The minimum absolute atomic E-state index is 0.0519. The van der Waals surface area contributed by atoms with Gasteiger partial charge in [0, 0.05) is 0 Å². The van der Waals surface area contributed by atoms with Crippen LogP contribution in [0.2, 0.25) is 0 Å². The molecule has 1 N–H and O–H groups in total. The van der Waals surface area contributed by atoms with Gasteiger partial charge in [-0.15, -0.1) is 11.3 Å². The van der Waals surface area contributed by atoms with Gasteiger partial charge in [0.25, 0.3) is 10.0 Å². The van der Waals surface area contributed by atoms with Crippen molar-refractivity contribution in [3.8, 4) is 6.07 Å². The van der Waals surface area contributed by atoms with Gasteiger partial charge in [0.2, 0.25) is 0 Å². The first-order valence-corrected chi connectivity index (χ1v) is 8.41. The summed E-state index contributed by atoms with van der Waals surface area (Å²) in [5.41, 5.74) is 0.784. The molecular formula is C12H8BrFN2O2S2. The highest BCUT2D eigenvalue weighted by molar-refractivity contribution is 9.11. The number of rotatable bonds is 3. The third-order valence-corrected chi connectivity index (χ3v) is 6.42. The zero-order valence-electron chi connectivity index (χ0n) is 10.1. The quantitative estimate of drug-likeness (QED) is 0.891. The molecular weight excluding hydrogens is 367 g/mol. The summed E-state index contributed by atoms with van der Waals surface area (Å²) in [5, 5.41) is 8.90. The number of sulfonamides is 1. The highest BCUT2D eigenvalue weighted by Gasteiger charge is 2.20. The second kappa shape index (κ2) is 5.52. The monoisotopic (exact) mass is 374 g/mol. The molecule has 0 spiro atoms. The lowest BCUT2D eigenvalue weighted by Gasteiger charge is -2.07. The summed E-state index contributed by atoms with van der Waals surface area (Å²) in [6, 6.07) is 6.57. The predicted octanol–water partition coefficient (Wildman–Crippen LogP) is 3.63. The molecule has 1 aromatic heterocycles. The van der Waals surface area contributed by atoms with E-state index in [9.17, 15) is 12.8 Å². The average Bonchev–Trinajstić information content (AvgIpc) is 2.72. The number of nitrogens with one attached hydrogen (secondary N) is 1. The van der Waals surface area contributed by atoms with E-state index in [1.54, 1.807) is 13.0 Å². The number of thiophene rings is 1. The Morgan fingerprint density at radius 3 is 2.65 bits per heavy atom. The van der Waals surface area contributed by atoms with Gasteiger partial charge in [-0.1, -0.05) is 0 Å². The van der Waals surface area contributed by atoms with Crippen LogP contribution in [0.3, 0.4) is 0 Å². The molecule has 104 valence electrons. The van der Waals surface area contributed by atoms with E-state index in [-0.39, 0.29) is 15.5 Å². The number of anilines is 1. The Bertz CT molecular complexity index is 790. The molecule has 1 heterocycles. The van der Waals surface area contributed by atoms with Crippen molar-refractivity contribution >= 4 is 43.0 Å². The first-order valence-electron chi connectivity index (χ1n) is 5.32. The molecule has 0 radical (unpaired) electrons. The summed E-state index contributed by atoms with van der Waals surface area (Å²) in [5.74, 6) is -0.598. The number of hydrogen-bond donors (Lipinski definition) is 1. The molecule has 2 aromatic rings. The highest BCUT2D eigenvalue weighted by Crippen LogP contribution is 2.32. The summed E-state index contributed by atoms with van der Waals surface area (Å²) in [4.78, 5) is 0. The molecule has 0 saturated carbocycles. The van der Waals surface area contributed by atoms with E-state index in [0.29, 0.717) is 0 Å². The van der Waals surface area contributed by atoms with Gasteiger partial charge in [-0.25, -0.2) is 12.8 Å². The molecule has 0 aliphatic rings. The van der Waals surface area contributed by atoms with Crippen LogP contribution < -0.4 is 4.72 Å². The minimum atomic E-state index is -3.80. The van der Waals surface area contributed by atoms with E-state index < -0.39 is 15.8 Å². The highest BCUT2D eigenvalue weighted by atomic mass is 79.9. The van der Waals surface area contributed by atoms with Gasteiger partial charge in [-0.05, 0) is 52.7 Å². The Hall–Kier alpha value is -1.43.